The van der Waals surface area contributed by atoms with Crippen LogP contribution in [0.1, 0.15) is 51.9 Å². The number of carbonyl (C=O) groups is 2. The maximum atomic E-state index is 10.5. The van der Waals surface area contributed by atoms with Gasteiger partial charge < -0.3 is 30.6 Å². The van der Waals surface area contributed by atoms with Crippen molar-refractivity contribution in [3.8, 4) is 0 Å². The lowest BCUT2D eigenvalue weighted by molar-refractivity contribution is -0.142. The zero-order valence-corrected chi connectivity index (χ0v) is 13.6. The predicted octanol–water partition coefficient (Wildman–Crippen LogP) is -0.556. The lowest BCUT2D eigenvalue weighted by Gasteiger charge is -2.19. The topological polar surface area (TPSA) is 156 Å². The molecule has 0 aromatic carbocycles. The number of carbonyl (C=O) groups excluding carboxylic acids is 1. The van der Waals surface area contributed by atoms with Gasteiger partial charge in [-0.2, -0.15) is 0 Å². The molecule has 0 saturated carbocycles. The largest absolute Gasteiger partial charge is 0.481 e. The SMILES string of the molecule is CCCCCCCCC(=O)O.O=C(CO)C(O)C(O)C(O)CO. The average Bonchev–Trinajstić information content (AvgIpc) is 2.55. The second kappa shape index (κ2) is 15.8. The normalized spacial score (nSPS) is 14.3. The summed E-state index contributed by atoms with van der Waals surface area (Å²) in [4.78, 5) is 20.6. The van der Waals surface area contributed by atoms with Crippen LogP contribution in [0.15, 0.2) is 0 Å². The molecule has 0 bridgehead atoms. The van der Waals surface area contributed by atoms with E-state index >= 15 is 0 Å². The number of carboxylic acid groups (broad SMARTS) is 1. The molecule has 0 aliphatic carbocycles. The molecule has 0 rings (SSSR count). The number of rotatable bonds is 12. The summed E-state index contributed by atoms with van der Waals surface area (Å²) >= 11 is 0. The molecule has 8 heteroatoms. The van der Waals surface area contributed by atoms with Crippen LogP contribution < -0.4 is 0 Å². The molecule has 0 aliphatic heterocycles. The number of hydrogen-bond donors (Lipinski definition) is 6. The molecule has 0 heterocycles. The molecule has 3 unspecified atom stereocenters. The number of ketones is 1. The Morgan fingerprint density at radius 2 is 1.43 bits per heavy atom. The summed E-state index contributed by atoms with van der Waals surface area (Å²) in [6.07, 6.45) is 2.03. The monoisotopic (exact) mass is 338 g/mol. The third kappa shape index (κ3) is 14.3. The smallest absolute Gasteiger partial charge is 0.303 e. The van der Waals surface area contributed by atoms with Gasteiger partial charge in [0.05, 0.1) is 6.61 Å². The van der Waals surface area contributed by atoms with Gasteiger partial charge in [-0.1, -0.05) is 39.0 Å². The van der Waals surface area contributed by atoms with E-state index in [1.807, 2.05) is 0 Å². The van der Waals surface area contributed by atoms with Gasteiger partial charge in [-0.25, -0.2) is 0 Å². The first-order valence-corrected chi connectivity index (χ1v) is 7.82. The van der Waals surface area contributed by atoms with Crippen LogP contribution in [-0.2, 0) is 9.59 Å². The van der Waals surface area contributed by atoms with Gasteiger partial charge in [-0.05, 0) is 6.42 Å². The van der Waals surface area contributed by atoms with E-state index in [1.54, 1.807) is 0 Å². The summed E-state index contributed by atoms with van der Waals surface area (Å²) in [6.45, 7) is 0.491. The van der Waals surface area contributed by atoms with E-state index in [4.69, 9.17) is 30.6 Å². The lowest BCUT2D eigenvalue weighted by atomic mass is 10.1. The van der Waals surface area contributed by atoms with E-state index in [2.05, 4.69) is 6.92 Å². The molecule has 0 aromatic rings. The van der Waals surface area contributed by atoms with Gasteiger partial charge >= 0.3 is 5.97 Å². The second-order valence-electron chi connectivity index (χ2n) is 5.22. The van der Waals surface area contributed by atoms with Gasteiger partial charge in [0.25, 0.3) is 0 Å². The van der Waals surface area contributed by atoms with Crippen LogP contribution in [0, 0.1) is 0 Å². The highest BCUT2D eigenvalue weighted by Gasteiger charge is 2.28. The van der Waals surface area contributed by atoms with E-state index in [0.29, 0.717) is 6.42 Å². The van der Waals surface area contributed by atoms with Crippen molar-refractivity contribution in [1.29, 1.82) is 0 Å². The van der Waals surface area contributed by atoms with Crippen molar-refractivity contribution in [2.24, 2.45) is 0 Å². The number of aliphatic carboxylic acids is 1. The molecule has 23 heavy (non-hydrogen) atoms. The van der Waals surface area contributed by atoms with Crippen molar-refractivity contribution in [2.75, 3.05) is 13.2 Å². The summed E-state index contributed by atoms with van der Waals surface area (Å²) in [7, 11) is 0. The second-order valence-corrected chi connectivity index (χ2v) is 5.22. The molecule has 8 nitrogen and oxygen atoms in total. The van der Waals surface area contributed by atoms with Gasteiger partial charge in [-0.3, -0.25) is 9.59 Å². The fourth-order valence-electron chi connectivity index (χ4n) is 1.66. The van der Waals surface area contributed by atoms with E-state index in [9.17, 15) is 9.59 Å². The molecule has 0 spiro atoms. The van der Waals surface area contributed by atoms with Crippen LogP contribution in [0.25, 0.3) is 0 Å². The van der Waals surface area contributed by atoms with Gasteiger partial charge in [0.1, 0.15) is 24.9 Å². The maximum absolute atomic E-state index is 10.5. The molecule has 0 aliphatic rings. The van der Waals surface area contributed by atoms with Crippen LogP contribution in [0.5, 0.6) is 0 Å². The van der Waals surface area contributed by atoms with E-state index in [1.165, 1.54) is 25.7 Å². The van der Waals surface area contributed by atoms with Gasteiger partial charge in [0.15, 0.2) is 5.78 Å². The number of aliphatic hydroxyl groups excluding tert-OH is 5. The van der Waals surface area contributed by atoms with Crippen LogP contribution in [0.2, 0.25) is 0 Å². The van der Waals surface area contributed by atoms with Gasteiger partial charge in [-0.15, -0.1) is 0 Å². The van der Waals surface area contributed by atoms with Gasteiger partial charge in [0, 0.05) is 6.42 Å². The summed E-state index contributed by atoms with van der Waals surface area (Å²) < 4.78 is 0. The van der Waals surface area contributed by atoms with E-state index in [-0.39, 0.29) is 0 Å². The van der Waals surface area contributed by atoms with Crippen molar-refractivity contribution in [2.45, 2.75) is 70.2 Å². The average molecular weight is 338 g/mol. The van der Waals surface area contributed by atoms with Crippen LogP contribution in [-0.4, -0.2) is 73.9 Å². The highest BCUT2D eigenvalue weighted by atomic mass is 16.4. The summed E-state index contributed by atoms with van der Waals surface area (Å²) in [5.41, 5.74) is 0. The zero-order valence-electron chi connectivity index (χ0n) is 13.6. The number of aliphatic hydroxyl groups is 5. The van der Waals surface area contributed by atoms with Crippen LogP contribution in [0.3, 0.4) is 0 Å². The molecule has 3 atom stereocenters. The molecule has 0 saturated heterocycles. The number of carboxylic acids is 1. The van der Waals surface area contributed by atoms with Crippen molar-refractivity contribution >= 4 is 11.8 Å². The summed E-state index contributed by atoms with van der Waals surface area (Å²) in [5, 5.41) is 51.4. The molecule has 6 N–H and O–H groups in total. The van der Waals surface area contributed by atoms with Crippen LogP contribution in [0.4, 0.5) is 0 Å². The minimum Gasteiger partial charge on any atom is -0.481 e. The first-order valence-electron chi connectivity index (χ1n) is 7.82. The van der Waals surface area contributed by atoms with Crippen molar-refractivity contribution in [3.05, 3.63) is 0 Å². The Kier molecular flexibility index (Phi) is 16.6. The third-order valence-electron chi connectivity index (χ3n) is 3.13. The third-order valence-corrected chi connectivity index (χ3v) is 3.13. The predicted molar refractivity (Wildman–Crippen MR) is 82.8 cm³/mol. The summed E-state index contributed by atoms with van der Waals surface area (Å²) in [5.74, 6) is -1.67. The number of hydrogen-bond acceptors (Lipinski definition) is 7. The molecule has 0 fully saturated rings. The van der Waals surface area contributed by atoms with Crippen molar-refractivity contribution in [3.63, 3.8) is 0 Å². The number of Topliss-reactive ketones (excluding diaryl/α,β-unsaturated/α-hetero) is 1. The Balaban J connectivity index is 0. The Hall–Kier alpha value is -1.06. The fraction of sp³-hybridized carbons (Fsp3) is 0.867. The van der Waals surface area contributed by atoms with Crippen LogP contribution >= 0.6 is 0 Å². The first-order chi connectivity index (χ1) is 10.8. The highest BCUT2D eigenvalue weighted by molar-refractivity contribution is 5.84. The summed E-state index contributed by atoms with van der Waals surface area (Å²) in [6, 6.07) is 0. The minimum atomic E-state index is -1.86. The van der Waals surface area contributed by atoms with Crippen molar-refractivity contribution < 1.29 is 40.2 Å². The molecular weight excluding hydrogens is 308 g/mol. The Morgan fingerprint density at radius 1 is 0.913 bits per heavy atom. The highest BCUT2D eigenvalue weighted by Crippen LogP contribution is 2.06. The Bertz CT molecular complexity index is 308. The minimum absolute atomic E-state index is 0.339. The number of unbranched alkanes of at least 4 members (excludes halogenated alkanes) is 5. The van der Waals surface area contributed by atoms with E-state index in [0.717, 1.165) is 12.8 Å². The molecule has 138 valence electrons. The standard InChI is InChI=1S/C9H18O2.C6H12O6/c1-2-3-4-5-6-7-8-9(10)11;7-1-3(9)5(11)6(12)4(10)2-8/h2-8H2,1H3,(H,10,11);3,5-9,11-12H,1-2H2. The quantitative estimate of drug-likeness (QED) is 0.259. The lowest BCUT2D eigenvalue weighted by Crippen LogP contribution is -2.44. The van der Waals surface area contributed by atoms with Crippen molar-refractivity contribution in [1.82, 2.24) is 0 Å². The zero-order chi connectivity index (χ0) is 18.3. The Labute approximate surface area is 136 Å². The van der Waals surface area contributed by atoms with Gasteiger partial charge in [0.2, 0.25) is 0 Å². The Morgan fingerprint density at radius 3 is 1.87 bits per heavy atom. The molecule has 0 radical (unpaired) electrons. The molecule has 0 aromatic heterocycles. The first kappa shape index (κ1) is 24.2. The fourth-order valence-corrected chi connectivity index (χ4v) is 1.66. The maximum Gasteiger partial charge on any atom is 0.303 e. The molecule has 0 amide bonds. The van der Waals surface area contributed by atoms with E-state index < -0.39 is 43.3 Å². The molecular formula is C15H30O8.